The molecule has 0 aromatic carbocycles. The van der Waals surface area contributed by atoms with E-state index in [9.17, 15) is 0 Å². The van der Waals surface area contributed by atoms with Gasteiger partial charge in [-0.05, 0) is 0 Å². The molecule has 0 aliphatic rings. The van der Waals surface area contributed by atoms with Crippen LogP contribution in [-0.2, 0) is 14.4 Å². The quantitative estimate of drug-likeness (QED) is 0.279. The molecule has 0 aliphatic heterocycles. The van der Waals surface area contributed by atoms with Crippen LogP contribution in [0.3, 0.4) is 0 Å². The maximum atomic E-state index is 8.38. The molecular weight excluding hydrogens is 158 g/mol. The van der Waals surface area contributed by atoms with Gasteiger partial charge in [0.2, 0.25) is 0 Å². The molecule has 4 radical (unpaired) electrons. The van der Waals surface area contributed by atoms with Crippen LogP contribution in [0, 0.1) is 0 Å². The van der Waals surface area contributed by atoms with Gasteiger partial charge in [-0.3, -0.25) is 0 Å². The van der Waals surface area contributed by atoms with Gasteiger partial charge >= 0.3 is 70.6 Å². The zero-order valence-electron chi connectivity index (χ0n) is 3.49. The van der Waals surface area contributed by atoms with Crippen molar-refractivity contribution in [1.29, 1.82) is 0 Å². The van der Waals surface area contributed by atoms with E-state index in [4.69, 9.17) is 1.43 Å². The van der Waals surface area contributed by atoms with Crippen molar-refractivity contribution >= 4 is 69.1 Å². The predicted octanol–water partition coefficient (Wildman–Crippen LogP) is -1.47. The van der Waals surface area contributed by atoms with Crippen LogP contribution in [-0.4, -0.2) is 69.1 Å². The molecule has 7 heteroatoms. The summed E-state index contributed by atoms with van der Waals surface area (Å²) in [4.78, 5) is 0. The first-order valence-electron chi connectivity index (χ1n) is 1.09. The van der Waals surface area contributed by atoms with Crippen LogP contribution in [0.4, 0.5) is 0 Å². The normalized spacial score (nSPS) is 6.57. The molecule has 0 bridgehead atoms. The fourth-order valence-electron chi connectivity index (χ4n) is 0.0227. The maximum absolute atomic E-state index is 8.38. The third-order valence-corrected chi connectivity index (χ3v) is 0.236. The van der Waals surface area contributed by atoms with Crippen LogP contribution in [0.2, 0.25) is 0 Å². The van der Waals surface area contributed by atoms with Crippen molar-refractivity contribution in [2.75, 3.05) is 0 Å². The van der Waals surface area contributed by atoms with E-state index in [2.05, 4.69) is 12.9 Å². The zero-order valence-corrected chi connectivity index (χ0v) is 8.01. The topological polar surface area (TPSA) is 44.8 Å². The second kappa shape index (κ2) is 15.7. The molecule has 0 heterocycles. The molecule has 32 valence electrons. The van der Waals surface area contributed by atoms with E-state index in [0.717, 1.165) is 0 Å². The second-order valence-corrected chi connectivity index (χ2v) is 0.645. The Hall–Kier alpha value is 2.00. The molecule has 0 aliphatic carbocycles. The number of hydrogen-bond donors (Lipinski definition) is 0. The predicted molar refractivity (Wildman–Crippen MR) is 21.2 cm³/mol. The minimum absolute atomic E-state index is 0.125. The Morgan fingerprint density at radius 2 is 1.43 bits per heavy atom. The molecule has 0 aromatic heterocycles. The van der Waals surface area contributed by atoms with Gasteiger partial charge in [0.05, 0.1) is 0 Å². The van der Waals surface area contributed by atoms with Gasteiger partial charge in [0, 0.05) is 0 Å². The third-order valence-electron chi connectivity index (χ3n) is 0.0786. The SMILES string of the molecule is [Al][O]O[O][Al].[O]=[Ca]. The van der Waals surface area contributed by atoms with Gasteiger partial charge in [0.1, 0.15) is 0 Å². The summed E-state index contributed by atoms with van der Waals surface area (Å²) in [5, 5.41) is 3.76. The van der Waals surface area contributed by atoms with Crippen molar-refractivity contribution in [3.63, 3.8) is 0 Å². The summed E-state index contributed by atoms with van der Waals surface area (Å²) in [5.41, 5.74) is 0. The van der Waals surface area contributed by atoms with E-state index in [0.29, 0.717) is 0 Å². The van der Waals surface area contributed by atoms with E-state index in [1.54, 1.807) is 0 Å². The van der Waals surface area contributed by atoms with Gasteiger partial charge in [-0.1, -0.05) is 0 Å². The average Bonchev–Trinajstić information content (AvgIpc) is 1.75. The van der Waals surface area contributed by atoms with E-state index < -0.39 is 0 Å². The van der Waals surface area contributed by atoms with Crippen LogP contribution in [0.25, 0.3) is 0 Å². The first-order chi connectivity index (χ1) is 3.41. The van der Waals surface area contributed by atoms with Crippen molar-refractivity contribution in [3.05, 3.63) is 0 Å². The summed E-state index contributed by atoms with van der Waals surface area (Å²) in [6.07, 6.45) is 0. The summed E-state index contributed by atoms with van der Waals surface area (Å²) in [7, 11) is 0. The second-order valence-electron chi connectivity index (χ2n) is 0.260. The van der Waals surface area contributed by atoms with E-state index >= 15 is 0 Å². The summed E-state index contributed by atoms with van der Waals surface area (Å²) >= 11 is 3.80. The summed E-state index contributed by atoms with van der Waals surface area (Å²) in [6.45, 7) is 0. The fourth-order valence-corrected chi connectivity index (χ4v) is 0.204. The molecule has 0 unspecified atom stereocenters. The van der Waals surface area contributed by atoms with Crippen LogP contribution in [0.5, 0.6) is 0 Å². The van der Waals surface area contributed by atoms with E-state index in [1.807, 2.05) is 33.2 Å². The Bertz CT molecular complexity index is 23.7. The van der Waals surface area contributed by atoms with Gasteiger partial charge in [-0.15, -0.1) is 5.04 Å². The third kappa shape index (κ3) is 18.0. The Labute approximate surface area is 82.3 Å². The summed E-state index contributed by atoms with van der Waals surface area (Å²) in [5.74, 6) is 0. The van der Waals surface area contributed by atoms with Gasteiger partial charge in [-0.2, -0.15) is 0 Å². The molecule has 0 amide bonds. The van der Waals surface area contributed by atoms with E-state index in [-0.39, 0.29) is 35.9 Å². The van der Waals surface area contributed by atoms with Gasteiger partial charge in [0.15, 0.2) is 0 Å². The summed E-state index contributed by atoms with van der Waals surface area (Å²) < 4.78 is 16.1. The molecule has 0 N–H and O–H groups in total. The molecule has 0 atom stereocenters. The first-order valence-corrected chi connectivity index (χ1v) is 2.94. The standard InChI is InChI=1S/2Al.Ca.H2O3.O/c;;;1-3-2;/h;;;1-2H;/q2*+1;;;/p-2. The summed E-state index contributed by atoms with van der Waals surface area (Å²) in [6, 6.07) is 0. The fraction of sp³-hybridized carbons (Fsp3) is 0. The molecule has 0 fully saturated rings. The average molecular weight is 158 g/mol. The Morgan fingerprint density at radius 3 is 1.43 bits per heavy atom. The zero-order chi connectivity index (χ0) is 6.12. The van der Waals surface area contributed by atoms with Gasteiger partial charge < -0.3 is 7.88 Å². The first kappa shape index (κ1) is 11.8. The van der Waals surface area contributed by atoms with Crippen molar-refractivity contribution in [2.24, 2.45) is 0 Å². The van der Waals surface area contributed by atoms with Crippen LogP contribution >= 0.6 is 0 Å². The molecule has 0 spiro atoms. The molecular formula is Al2CaO4. The van der Waals surface area contributed by atoms with Crippen LogP contribution in [0.15, 0.2) is 0 Å². The van der Waals surface area contributed by atoms with Crippen LogP contribution in [0.1, 0.15) is 0 Å². The Kier molecular flexibility index (Phi) is 26.3. The minimum atomic E-state index is 0.125. The molecule has 0 aromatic rings. The molecule has 0 rings (SSSR count). The Balaban J connectivity index is 0. The van der Waals surface area contributed by atoms with Gasteiger partial charge in [-0.25, -0.2) is 0 Å². The molecule has 4 nitrogen and oxygen atoms in total. The van der Waals surface area contributed by atoms with Crippen molar-refractivity contribution in [2.45, 2.75) is 0 Å². The molecule has 0 saturated heterocycles. The molecule has 7 heavy (non-hydrogen) atoms. The molecule has 0 saturated carbocycles. The van der Waals surface area contributed by atoms with Gasteiger partial charge in [0.25, 0.3) is 0 Å². The monoisotopic (exact) mass is 158 g/mol. The Morgan fingerprint density at radius 1 is 1.14 bits per heavy atom. The van der Waals surface area contributed by atoms with Crippen molar-refractivity contribution in [1.82, 2.24) is 0 Å². The van der Waals surface area contributed by atoms with Crippen LogP contribution < -0.4 is 0 Å². The number of hydrogen-bond acceptors (Lipinski definition) is 4. The number of rotatable bonds is 2. The van der Waals surface area contributed by atoms with Crippen molar-refractivity contribution in [3.8, 4) is 0 Å². The van der Waals surface area contributed by atoms with Crippen molar-refractivity contribution < 1.29 is 14.4 Å². The van der Waals surface area contributed by atoms with E-state index in [1.165, 1.54) is 0 Å².